The fraction of sp³-hybridized carbons (Fsp3) is 0.745. The van der Waals surface area contributed by atoms with Gasteiger partial charge in [-0.3, -0.25) is 52.7 Å². The Morgan fingerprint density at radius 2 is 1.49 bits per heavy atom. The zero-order chi connectivity index (χ0) is 51.2. The van der Waals surface area contributed by atoms with Crippen LogP contribution in [0.4, 0.5) is 0 Å². The second kappa shape index (κ2) is 29.6. The Morgan fingerprint density at radius 3 is 2.07 bits per heavy atom. The topological polar surface area (TPSA) is 340 Å². The number of likely N-dealkylation sites (tertiary alicyclic amines) is 1. The van der Waals surface area contributed by atoms with E-state index in [-0.39, 0.29) is 94.7 Å². The molecule has 21 nitrogen and oxygen atoms in total. The van der Waals surface area contributed by atoms with Crippen LogP contribution in [0.3, 0.4) is 0 Å². The molecule has 2 aliphatic rings. The molecule has 5 amide bonds. The van der Waals surface area contributed by atoms with Gasteiger partial charge in [0.2, 0.25) is 29.5 Å². The maximum Gasteiger partial charge on any atom is 0.306 e. The number of hydrogen-bond acceptors (Lipinski definition) is 15. The second-order valence-corrected chi connectivity index (χ2v) is 18.9. The Hall–Kier alpha value is -5.28. The molecule has 0 aromatic heterocycles. The van der Waals surface area contributed by atoms with Gasteiger partial charge in [-0.15, -0.1) is 0 Å². The van der Waals surface area contributed by atoms with E-state index in [1.54, 1.807) is 0 Å². The average Bonchev–Trinajstić information content (AvgIpc) is 3.94. The van der Waals surface area contributed by atoms with Gasteiger partial charge in [-0.2, -0.15) is 0 Å². The fourth-order valence-corrected chi connectivity index (χ4v) is 8.69. The number of carbonyl (C=O) groups is 12. The molecule has 2 heterocycles. The predicted octanol–water partition coefficient (Wildman–Crippen LogP) is 0.0772. The summed E-state index contributed by atoms with van der Waals surface area (Å²) in [5.41, 5.74) is 10.8. The molecule has 382 valence electrons. The van der Waals surface area contributed by atoms with Crippen molar-refractivity contribution < 1.29 is 67.7 Å². The van der Waals surface area contributed by atoms with Crippen molar-refractivity contribution >= 4 is 70.2 Å². The fourth-order valence-electron chi connectivity index (χ4n) is 8.69. The van der Waals surface area contributed by atoms with Crippen LogP contribution in [-0.2, 0) is 57.5 Å². The lowest BCUT2D eigenvalue weighted by Gasteiger charge is -2.26. The highest BCUT2D eigenvalue weighted by molar-refractivity contribution is 5.98. The Labute approximate surface area is 398 Å². The zero-order valence-corrected chi connectivity index (χ0v) is 40.4. The Bertz CT molecular complexity index is 1840. The van der Waals surface area contributed by atoms with Gasteiger partial charge in [-0.25, -0.2) is 0 Å². The minimum Gasteiger partial charge on any atom is -0.481 e. The number of hydrogen-bond donors (Lipinski definition) is 7. The molecular weight excluding hydrogens is 887 g/mol. The van der Waals surface area contributed by atoms with E-state index in [0.29, 0.717) is 45.2 Å². The third-order valence-electron chi connectivity index (χ3n) is 12.4. The maximum atomic E-state index is 13.7. The number of carbonyl (C=O) groups excluding carboxylic acids is 11. The molecule has 0 radical (unpaired) electrons. The number of nitrogens with zero attached hydrogens (tertiary/aromatic N) is 2. The highest BCUT2D eigenvalue weighted by Crippen LogP contribution is 2.25. The van der Waals surface area contributed by atoms with E-state index < -0.39 is 120 Å². The monoisotopic (exact) mass is 962 g/mol. The van der Waals surface area contributed by atoms with Gasteiger partial charge < -0.3 is 52.2 Å². The molecule has 2 fully saturated rings. The van der Waals surface area contributed by atoms with Crippen molar-refractivity contribution in [2.75, 3.05) is 33.2 Å². The third kappa shape index (κ3) is 20.9. The number of rotatable bonds is 34. The molecule has 2 aliphatic heterocycles. The SMILES string of the molecule is CC(=O)C[C@H](CC(=O)[C@H](CCC(N)=O)NC(=O)CCC(=O)[C@@H]1C[C@@H](O)CN1)C(=O)N(C)CC(=O)C[C@@H](CC(C)C)C(=O)N[C@@H](C)C(=O)CCC(=O)N1CCC[C@H]1C(=O)C[C@@H](CCCCN)C(=O)O. The second-order valence-electron chi connectivity index (χ2n) is 18.9. The highest BCUT2D eigenvalue weighted by Gasteiger charge is 2.37. The molecule has 0 unspecified atom stereocenters. The van der Waals surface area contributed by atoms with Gasteiger partial charge in [0.25, 0.3) is 0 Å². The number of primary amides is 1. The molecule has 8 atom stereocenters. The van der Waals surface area contributed by atoms with Crippen LogP contribution in [0.5, 0.6) is 0 Å². The molecule has 68 heavy (non-hydrogen) atoms. The van der Waals surface area contributed by atoms with Crippen LogP contribution < -0.4 is 27.4 Å². The Balaban J connectivity index is 2.02. The summed E-state index contributed by atoms with van der Waals surface area (Å²) in [6.07, 6.45) is -0.743. The predicted molar refractivity (Wildman–Crippen MR) is 246 cm³/mol. The first kappa shape index (κ1) is 58.8. The molecule has 0 aromatic rings. The average molecular weight is 962 g/mol. The first-order valence-corrected chi connectivity index (χ1v) is 23.8. The van der Waals surface area contributed by atoms with Gasteiger partial charge in [0.1, 0.15) is 11.6 Å². The van der Waals surface area contributed by atoms with Crippen molar-refractivity contribution in [1.82, 2.24) is 25.8 Å². The number of unbranched alkanes of at least 4 members (excludes halogenated alkanes) is 1. The van der Waals surface area contributed by atoms with E-state index in [1.807, 2.05) is 13.8 Å². The summed E-state index contributed by atoms with van der Waals surface area (Å²) >= 11 is 0. The van der Waals surface area contributed by atoms with Crippen LogP contribution in [0.2, 0.25) is 0 Å². The summed E-state index contributed by atoms with van der Waals surface area (Å²) in [4.78, 5) is 157. The number of nitrogens with one attached hydrogen (secondary N) is 3. The number of Topliss-reactive ketones (excluding diaryl/α,β-unsaturated/α-hetero) is 6. The van der Waals surface area contributed by atoms with E-state index in [4.69, 9.17) is 11.5 Å². The van der Waals surface area contributed by atoms with Gasteiger partial charge in [0.15, 0.2) is 23.1 Å². The summed E-state index contributed by atoms with van der Waals surface area (Å²) in [5.74, 6) is -10.2. The number of carboxylic acid groups (broad SMARTS) is 1. The standard InChI is InChI=1S/C47H75N7O14/c1-27(2)19-31(45(65)51-29(4)38(58)13-16-44(64)54-18-8-10-37(54)41(61)22-30(47(67)68)9-6-7-17-48)21-34(57)26-53(5)46(66)32(20-28(3)55)23-40(60)35(11-14-42(49)62)52-43(63)15-12-39(59)36-24-33(56)25-50-36/h27,29-33,35-37,50,56H,6-26,48H2,1-5H3,(H2,49,62)(H,51,65)(H,52,63)(H,67,68)/t29-,30+,31+,32+,33+,35-,36-,37-/m0/s1. The third-order valence-corrected chi connectivity index (χ3v) is 12.4. The number of carboxylic acids is 1. The first-order valence-electron chi connectivity index (χ1n) is 23.8. The summed E-state index contributed by atoms with van der Waals surface area (Å²) in [6, 6.07) is -3.72. The number of likely N-dealkylation sites (N-methyl/N-ethyl adjacent to an activating group) is 1. The Kier molecular flexibility index (Phi) is 25.6. The van der Waals surface area contributed by atoms with E-state index in [0.717, 1.165) is 4.90 Å². The van der Waals surface area contributed by atoms with Gasteiger partial charge in [0, 0.05) is 83.8 Å². The van der Waals surface area contributed by atoms with E-state index in [9.17, 15) is 67.7 Å². The molecule has 2 saturated heterocycles. The molecule has 2 rings (SSSR count). The summed E-state index contributed by atoms with van der Waals surface area (Å²) in [5, 5.41) is 27.3. The number of β-amino-alcohol motifs (C(OH)–C–C–N with tert-alkyl or cyclic N) is 1. The molecule has 9 N–H and O–H groups in total. The van der Waals surface area contributed by atoms with Crippen LogP contribution in [0.1, 0.15) is 137 Å². The van der Waals surface area contributed by atoms with Crippen molar-refractivity contribution in [2.24, 2.45) is 35.1 Å². The molecule has 21 heteroatoms. The van der Waals surface area contributed by atoms with Gasteiger partial charge in [-0.05, 0) is 71.3 Å². The number of aliphatic hydroxyl groups is 1. The lowest BCUT2D eigenvalue weighted by atomic mass is 9.90. The van der Waals surface area contributed by atoms with Crippen LogP contribution in [0.25, 0.3) is 0 Å². The number of amides is 5. The van der Waals surface area contributed by atoms with Crippen molar-refractivity contribution in [2.45, 2.75) is 167 Å². The van der Waals surface area contributed by atoms with E-state index in [1.165, 1.54) is 25.8 Å². The first-order chi connectivity index (χ1) is 31.9. The van der Waals surface area contributed by atoms with Crippen molar-refractivity contribution in [1.29, 1.82) is 0 Å². The normalized spacial score (nSPS) is 19.0. The summed E-state index contributed by atoms with van der Waals surface area (Å²) in [7, 11) is 1.30. The molecule has 0 spiro atoms. The van der Waals surface area contributed by atoms with E-state index >= 15 is 0 Å². The van der Waals surface area contributed by atoms with Crippen LogP contribution in [-0.4, -0.2) is 154 Å². The van der Waals surface area contributed by atoms with Crippen molar-refractivity contribution in [3.05, 3.63) is 0 Å². The largest absolute Gasteiger partial charge is 0.481 e. The highest BCUT2D eigenvalue weighted by atomic mass is 16.4. The van der Waals surface area contributed by atoms with Crippen LogP contribution >= 0.6 is 0 Å². The summed E-state index contributed by atoms with van der Waals surface area (Å²) < 4.78 is 0. The number of aliphatic carboxylic acids is 1. The minimum atomic E-state index is -1.29. The minimum absolute atomic E-state index is 0.0675. The van der Waals surface area contributed by atoms with Crippen molar-refractivity contribution in [3.8, 4) is 0 Å². The summed E-state index contributed by atoms with van der Waals surface area (Å²) in [6.45, 7) is 6.79. The lowest BCUT2D eigenvalue weighted by molar-refractivity contribution is -0.145. The Morgan fingerprint density at radius 1 is 0.794 bits per heavy atom. The van der Waals surface area contributed by atoms with Crippen molar-refractivity contribution in [3.63, 3.8) is 0 Å². The zero-order valence-electron chi connectivity index (χ0n) is 40.4. The van der Waals surface area contributed by atoms with Gasteiger partial charge in [0.05, 0.1) is 48.7 Å². The van der Waals surface area contributed by atoms with E-state index in [2.05, 4.69) is 16.0 Å². The smallest absolute Gasteiger partial charge is 0.306 e. The van der Waals surface area contributed by atoms with Gasteiger partial charge >= 0.3 is 5.97 Å². The number of aliphatic hydroxyl groups excluding tert-OH is 1. The van der Waals surface area contributed by atoms with Crippen LogP contribution in [0, 0.1) is 23.7 Å². The van der Waals surface area contributed by atoms with Crippen LogP contribution in [0.15, 0.2) is 0 Å². The number of ketones is 6. The molecule has 0 saturated carbocycles. The molecule has 0 bridgehead atoms. The van der Waals surface area contributed by atoms with Gasteiger partial charge in [-0.1, -0.05) is 20.3 Å². The number of nitrogens with two attached hydrogens (primary N) is 2. The lowest BCUT2D eigenvalue weighted by Crippen LogP contribution is -2.45. The maximum absolute atomic E-state index is 13.7. The quantitative estimate of drug-likeness (QED) is 0.0420. The molecular formula is C47H75N7O14. The molecule has 0 aromatic carbocycles. The molecule has 0 aliphatic carbocycles.